The highest BCUT2D eigenvalue weighted by molar-refractivity contribution is 5.45. The van der Waals surface area contributed by atoms with Crippen LogP contribution in [0.1, 0.15) is 90.0 Å². The van der Waals surface area contributed by atoms with Crippen LogP contribution in [0.3, 0.4) is 0 Å². The molecular weight excluding hydrogens is 276 g/mol. The Hall–Kier alpha value is -0.520. The van der Waals surface area contributed by atoms with Gasteiger partial charge in [0, 0.05) is 10.8 Å². The first-order valence-corrected chi connectivity index (χ1v) is 9.40. The second-order valence-corrected chi connectivity index (χ2v) is 10.5. The largest absolute Gasteiger partial charge is 0.0701 e. The van der Waals surface area contributed by atoms with Crippen LogP contribution in [0.2, 0.25) is 0 Å². The van der Waals surface area contributed by atoms with Crippen molar-refractivity contribution in [3.8, 4) is 0 Å². The summed E-state index contributed by atoms with van der Waals surface area (Å²) in [7, 11) is 0. The lowest BCUT2D eigenvalue weighted by atomic mass is 9.31. The van der Waals surface area contributed by atoms with Gasteiger partial charge in [-0.2, -0.15) is 0 Å². The van der Waals surface area contributed by atoms with Gasteiger partial charge in [0.2, 0.25) is 0 Å². The first-order valence-electron chi connectivity index (χ1n) is 9.40. The Morgan fingerprint density at radius 1 is 0.609 bits per heavy atom. The second kappa shape index (κ2) is 4.55. The molecule has 0 radical (unpaired) electrons. The molecule has 3 aliphatic rings. The molecule has 0 spiro atoms. The fourth-order valence-electron chi connectivity index (χ4n) is 6.72. The van der Waals surface area contributed by atoms with Gasteiger partial charge in [-0.05, 0) is 49.9 Å². The van der Waals surface area contributed by atoms with E-state index in [2.05, 4.69) is 90.0 Å². The summed E-state index contributed by atoms with van der Waals surface area (Å²) in [6, 6.07) is 0. The maximum atomic E-state index is 2.54. The molecule has 3 rings (SSSR count). The van der Waals surface area contributed by atoms with Crippen LogP contribution in [0.15, 0.2) is 22.3 Å². The summed E-state index contributed by atoms with van der Waals surface area (Å²) >= 11 is 0. The van der Waals surface area contributed by atoms with Gasteiger partial charge >= 0.3 is 0 Å². The summed E-state index contributed by atoms with van der Waals surface area (Å²) in [5.41, 5.74) is 7.41. The lowest BCUT2D eigenvalue weighted by molar-refractivity contribution is -0.152. The Balaban J connectivity index is 3.13. The minimum atomic E-state index is 0.151. The quantitative estimate of drug-likeness (QED) is 0.408. The average molecular weight is 317 g/mol. The first-order chi connectivity index (χ1) is 10.0. The van der Waals surface area contributed by atoms with Gasteiger partial charge in [0.15, 0.2) is 0 Å². The van der Waals surface area contributed by atoms with E-state index in [1.54, 1.807) is 22.3 Å². The van der Waals surface area contributed by atoms with Crippen LogP contribution in [0, 0.1) is 33.0 Å². The van der Waals surface area contributed by atoms with Crippen molar-refractivity contribution in [3.05, 3.63) is 22.3 Å². The SMILES string of the molecule is CC1=C(C)C2(C)C(C)(C)/C(C)=C(/C)C(C)C1(C)C(C)(C)C2(C)C. The van der Waals surface area contributed by atoms with Gasteiger partial charge < -0.3 is 0 Å². The zero-order valence-electron chi connectivity index (χ0n) is 18.1. The molecule has 0 aromatic carbocycles. The normalized spacial score (nSPS) is 45.0. The van der Waals surface area contributed by atoms with Gasteiger partial charge in [-0.25, -0.2) is 0 Å². The summed E-state index contributed by atoms with van der Waals surface area (Å²) in [5, 5.41) is 0. The lowest BCUT2D eigenvalue weighted by Gasteiger charge is -2.72. The third kappa shape index (κ3) is 1.60. The molecule has 0 heterocycles. The standard InChI is InChI=1S/C23H40/c1-14-15(2)19(6,7)23(13)18(5)17(4)22(12,16(14)3)20(8,9)21(23,10)11/h16H,1-13H3/b15-14-. The minimum absolute atomic E-state index is 0.151. The van der Waals surface area contributed by atoms with Gasteiger partial charge in [-0.1, -0.05) is 84.6 Å². The van der Waals surface area contributed by atoms with E-state index >= 15 is 0 Å². The molecule has 0 nitrogen and oxygen atoms in total. The van der Waals surface area contributed by atoms with Gasteiger partial charge in [-0.15, -0.1) is 0 Å². The number of rotatable bonds is 0. The summed E-state index contributed by atoms with van der Waals surface area (Å²) in [4.78, 5) is 0. The van der Waals surface area contributed by atoms with Crippen LogP contribution >= 0.6 is 0 Å². The van der Waals surface area contributed by atoms with Gasteiger partial charge in [0.25, 0.3) is 0 Å². The molecule has 0 aliphatic heterocycles. The predicted octanol–water partition coefficient (Wildman–Crippen LogP) is 7.41. The van der Waals surface area contributed by atoms with Gasteiger partial charge in [0.1, 0.15) is 0 Å². The van der Waals surface area contributed by atoms with Crippen molar-refractivity contribution in [2.45, 2.75) is 90.0 Å². The molecular formula is C23H40. The lowest BCUT2D eigenvalue weighted by Crippen LogP contribution is -2.65. The highest BCUT2D eigenvalue weighted by Crippen LogP contribution is 2.76. The zero-order chi connectivity index (χ0) is 18.4. The Bertz CT molecular complexity index is 608. The van der Waals surface area contributed by atoms with E-state index in [1.165, 1.54) is 0 Å². The van der Waals surface area contributed by atoms with Crippen molar-refractivity contribution < 1.29 is 0 Å². The molecule has 23 heavy (non-hydrogen) atoms. The van der Waals surface area contributed by atoms with Crippen LogP contribution in [0.5, 0.6) is 0 Å². The Morgan fingerprint density at radius 3 is 1.48 bits per heavy atom. The van der Waals surface area contributed by atoms with E-state index in [4.69, 9.17) is 0 Å². The van der Waals surface area contributed by atoms with E-state index in [9.17, 15) is 0 Å². The number of hydrogen-bond acceptors (Lipinski definition) is 0. The van der Waals surface area contributed by atoms with E-state index in [0.717, 1.165) is 0 Å². The van der Waals surface area contributed by atoms with Crippen LogP contribution < -0.4 is 0 Å². The van der Waals surface area contributed by atoms with Gasteiger partial charge in [0.05, 0.1) is 0 Å². The smallest absolute Gasteiger partial charge is 0.00284 e. The first kappa shape index (κ1) is 18.8. The molecule has 0 heteroatoms. The van der Waals surface area contributed by atoms with E-state index in [0.29, 0.717) is 5.92 Å². The molecule has 132 valence electrons. The summed E-state index contributed by atoms with van der Waals surface area (Å²) in [6.07, 6.45) is 0. The minimum Gasteiger partial charge on any atom is -0.0701 e. The van der Waals surface area contributed by atoms with Crippen molar-refractivity contribution in [3.63, 3.8) is 0 Å². The fraction of sp³-hybridized carbons (Fsp3) is 0.826. The maximum absolute atomic E-state index is 2.54. The highest BCUT2D eigenvalue weighted by atomic mass is 14.7. The number of fused-ring (bicyclic) bond motifs is 3. The molecule has 0 fully saturated rings. The molecule has 3 atom stereocenters. The number of hydrogen-bond donors (Lipinski definition) is 0. The molecule has 3 aliphatic carbocycles. The van der Waals surface area contributed by atoms with Gasteiger partial charge in [-0.3, -0.25) is 0 Å². The van der Waals surface area contributed by atoms with E-state index in [-0.39, 0.29) is 27.1 Å². The molecule has 3 unspecified atom stereocenters. The predicted molar refractivity (Wildman–Crippen MR) is 103 cm³/mol. The second-order valence-electron chi connectivity index (χ2n) is 10.5. The summed E-state index contributed by atoms with van der Waals surface area (Å²) in [6.45, 7) is 32.3. The van der Waals surface area contributed by atoms with Crippen molar-refractivity contribution in [1.82, 2.24) is 0 Å². The molecule has 0 N–H and O–H groups in total. The molecule has 0 saturated carbocycles. The average Bonchev–Trinajstić information content (AvgIpc) is 2.46. The molecule has 0 saturated heterocycles. The topological polar surface area (TPSA) is 0 Å². The molecule has 0 amide bonds. The highest BCUT2D eigenvalue weighted by Gasteiger charge is 2.69. The van der Waals surface area contributed by atoms with Crippen molar-refractivity contribution in [2.24, 2.45) is 33.0 Å². The third-order valence-electron chi connectivity index (χ3n) is 10.5. The fourth-order valence-corrected chi connectivity index (χ4v) is 6.72. The molecule has 2 bridgehead atoms. The maximum Gasteiger partial charge on any atom is 0.00284 e. The van der Waals surface area contributed by atoms with Crippen LogP contribution in [0.4, 0.5) is 0 Å². The van der Waals surface area contributed by atoms with E-state index < -0.39 is 0 Å². The molecule has 0 aromatic rings. The molecule has 0 aromatic heterocycles. The third-order valence-corrected chi connectivity index (χ3v) is 10.5. The van der Waals surface area contributed by atoms with Crippen LogP contribution in [-0.2, 0) is 0 Å². The van der Waals surface area contributed by atoms with Crippen molar-refractivity contribution in [2.75, 3.05) is 0 Å². The van der Waals surface area contributed by atoms with Crippen molar-refractivity contribution >= 4 is 0 Å². The summed E-state index contributed by atoms with van der Waals surface area (Å²) < 4.78 is 0. The Labute approximate surface area is 145 Å². The van der Waals surface area contributed by atoms with E-state index in [1.807, 2.05) is 0 Å². The number of allylic oxidation sites excluding steroid dienone is 4. The van der Waals surface area contributed by atoms with Crippen LogP contribution in [0.25, 0.3) is 0 Å². The Kier molecular flexibility index (Phi) is 3.72. The summed E-state index contributed by atoms with van der Waals surface area (Å²) in [5.74, 6) is 0.566. The zero-order valence-corrected chi connectivity index (χ0v) is 18.1. The van der Waals surface area contributed by atoms with Crippen LogP contribution in [-0.4, -0.2) is 0 Å². The monoisotopic (exact) mass is 316 g/mol. The Morgan fingerprint density at radius 2 is 1.04 bits per heavy atom. The van der Waals surface area contributed by atoms with Crippen molar-refractivity contribution in [1.29, 1.82) is 0 Å².